The molecule has 1 aromatic heterocycles. The zero-order valence-corrected chi connectivity index (χ0v) is 8.39. The van der Waals surface area contributed by atoms with Gasteiger partial charge < -0.3 is 4.42 Å². The average molecular weight is 246 g/mol. The van der Waals surface area contributed by atoms with E-state index in [1.54, 1.807) is 12.1 Å². The summed E-state index contributed by atoms with van der Waals surface area (Å²) >= 11 is 9.04. The SMILES string of the molecule is Clc1ccc2oc(CBr)nc2c1. The molecule has 62 valence electrons. The third-order valence-electron chi connectivity index (χ3n) is 1.51. The van der Waals surface area contributed by atoms with Crippen LogP contribution in [-0.2, 0) is 5.33 Å². The number of hydrogen-bond donors (Lipinski definition) is 0. The van der Waals surface area contributed by atoms with E-state index in [9.17, 15) is 0 Å². The number of halogens is 2. The minimum absolute atomic E-state index is 0.624. The third kappa shape index (κ3) is 1.34. The largest absolute Gasteiger partial charge is 0.440 e. The number of rotatable bonds is 1. The summed E-state index contributed by atoms with van der Waals surface area (Å²) in [6.07, 6.45) is 0. The lowest BCUT2D eigenvalue weighted by Gasteiger charge is -1.85. The van der Waals surface area contributed by atoms with Gasteiger partial charge in [-0.05, 0) is 18.2 Å². The van der Waals surface area contributed by atoms with Gasteiger partial charge in [-0.3, -0.25) is 0 Å². The minimum Gasteiger partial charge on any atom is -0.440 e. The van der Waals surface area contributed by atoms with Crippen molar-refractivity contribution in [2.45, 2.75) is 5.33 Å². The predicted octanol–water partition coefficient (Wildman–Crippen LogP) is 3.38. The van der Waals surface area contributed by atoms with Gasteiger partial charge in [0.05, 0.1) is 5.33 Å². The Morgan fingerprint density at radius 1 is 1.50 bits per heavy atom. The van der Waals surface area contributed by atoms with Gasteiger partial charge in [0.1, 0.15) is 5.52 Å². The second kappa shape index (κ2) is 3.07. The van der Waals surface area contributed by atoms with E-state index in [0.29, 0.717) is 16.2 Å². The van der Waals surface area contributed by atoms with Crippen molar-refractivity contribution in [3.05, 3.63) is 29.1 Å². The number of aromatic nitrogens is 1. The highest BCUT2D eigenvalue weighted by Gasteiger charge is 2.03. The van der Waals surface area contributed by atoms with E-state index in [1.807, 2.05) is 6.07 Å². The highest BCUT2D eigenvalue weighted by Crippen LogP contribution is 2.20. The first kappa shape index (κ1) is 8.08. The summed E-state index contributed by atoms with van der Waals surface area (Å²) in [6, 6.07) is 5.39. The second-order valence-electron chi connectivity index (χ2n) is 2.35. The summed E-state index contributed by atoms with van der Waals surface area (Å²) in [5.41, 5.74) is 1.57. The molecule has 1 heterocycles. The minimum atomic E-state index is 0.624. The fourth-order valence-electron chi connectivity index (χ4n) is 1.01. The fourth-order valence-corrected chi connectivity index (χ4v) is 1.41. The maximum Gasteiger partial charge on any atom is 0.206 e. The number of nitrogens with zero attached hydrogens (tertiary/aromatic N) is 1. The Morgan fingerprint density at radius 2 is 2.33 bits per heavy atom. The standard InChI is InChI=1S/C8H5BrClNO/c9-4-8-11-6-3-5(10)1-2-7(6)12-8/h1-3H,4H2. The molecule has 0 amide bonds. The van der Waals surface area contributed by atoms with Gasteiger partial charge >= 0.3 is 0 Å². The van der Waals surface area contributed by atoms with Crippen LogP contribution in [0.2, 0.25) is 5.02 Å². The molecule has 0 bridgehead atoms. The number of alkyl halides is 1. The van der Waals surface area contributed by atoms with Crippen LogP contribution in [0.3, 0.4) is 0 Å². The van der Waals surface area contributed by atoms with Crippen LogP contribution in [0.4, 0.5) is 0 Å². The van der Waals surface area contributed by atoms with Crippen LogP contribution in [0.15, 0.2) is 22.6 Å². The van der Waals surface area contributed by atoms with Crippen LogP contribution in [0.5, 0.6) is 0 Å². The van der Waals surface area contributed by atoms with Crippen molar-refractivity contribution in [1.29, 1.82) is 0 Å². The maximum absolute atomic E-state index is 5.78. The van der Waals surface area contributed by atoms with Gasteiger partial charge in [-0.1, -0.05) is 27.5 Å². The van der Waals surface area contributed by atoms with E-state index in [1.165, 1.54) is 0 Å². The van der Waals surface area contributed by atoms with E-state index >= 15 is 0 Å². The molecule has 0 unspecified atom stereocenters. The van der Waals surface area contributed by atoms with Gasteiger partial charge in [-0.2, -0.15) is 0 Å². The molecule has 12 heavy (non-hydrogen) atoms. The molecular weight excluding hydrogens is 241 g/mol. The van der Waals surface area contributed by atoms with Crippen LogP contribution in [0, 0.1) is 0 Å². The van der Waals surface area contributed by atoms with E-state index in [2.05, 4.69) is 20.9 Å². The number of benzene rings is 1. The molecule has 0 N–H and O–H groups in total. The lowest BCUT2D eigenvalue weighted by atomic mass is 10.3. The number of fused-ring (bicyclic) bond motifs is 1. The van der Waals surface area contributed by atoms with Gasteiger partial charge in [0.25, 0.3) is 0 Å². The Labute approximate surface area is 82.7 Å². The average Bonchev–Trinajstić information content (AvgIpc) is 2.46. The van der Waals surface area contributed by atoms with Gasteiger partial charge in [0.15, 0.2) is 5.58 Å². The first-order chi connectivity index (χ1) is 5.79. The van der Waals surface area contributed by atoms with Crippen LogP contribution >= 0.6 is 27.5 Å². The Morgan fingerprint density at radius 3 is 3.08 bits per heavy atom. The summed E-state index contributed by atoms with van der Waals surface area (Å²) in [5.74, 6) is 0.673. The molecule has 2 aromatic rings. The van der Waals surface area contributed by atoms with Crippen molar-refractivity contribution in [2.75, 3.05) is 0 Å². The quantitative estimate of drug-likeness (QED) is 0.721. The van der Waals surface area contributed by atoms with Crippen molar-refractivity contribution >= 4 is 38.6 Å². The molecule has 0 aliphatic rings. The van der Waals surface area contributed by atoms with Crippen LogP contribution in [0.1, 0.15) is 5.89 Å². The van der Waals surface area contributed by atoms with Crippen molar-refractivity contribution in [3.8, 4) is 0 Å². The molecule has 0 radical (unpaired) electrons. The molecule has 0 spiro atoms. The first-order valence-electron chi connectivity index (χ1n) is 3.40. The van der Waals surface area contributed by atoms with Gasteiger partial charge in [0.2, 0.25) is 5.89 Å². The molecule has 0 saturated carbocycles. The lowest BCUT2D eigenvalue weighted by molar-refractivity contribution is 0.557. The van der Waals surface area contributed by atoms with E-state index in [0.717, 1.165) is 11.1 Å². The highest BCUT2D eigenvalue weighted by molar-refractivity contribution is 9.08. The molecular formula is C8H5BrClNO. The summed E-state index contributed by atoms with van der Waals surface area (Å²) in [4.78, 5) is 4.19. The zero-order chi connectivity index (χ0) is 8.55. The monoisotopic (exact) mass is 245 g/mol. The smallest absolute Gasteiger partial charge is 0.206 e. The lowest BCUT2D eigenvalue weighted by Crippen LogP contribution is -1.72. The Hall–Kier alpha value is -0.540. The van der Waals surface area contributed by atoms with Crippen molar-refractivity contribution < 1.29 is 4.42 Å². The Bertz CT molecular complexity index is 412. The van der Waals surface area contributed by atoms with Crippen LogP contribution in [-0.4, -0.2) is 4.98 Å². The van der Waals surface area contributed by atoms with Crippen molar-refractivity contribution in [1.82, 2.24) is 4.98 Å². The van der Waals surface area contributed by atoms with E-state index in [-0.39, 0.29) is 0 Å². The van der Waals surface area contributed by atoms with Crippen molar-refractivity contribution in [3.63, 3.8) is 0 Å². The highest BCUT2D eigenvalue weighted by atomic mass is 79.9. The molecule has 0 atom stereocenters. The molecule has 2 nitrogen and oxygen atoms in total. The summed E-state index contributed by atoms with van der Waals surface area (Å²) in [7, 11) is 0. The summed E-state index contributed by atoms with van der Waals surface area (Å²) in [5, 5.41) is 1.30. The zero-order valence-electron chi connectivity index (χ0n) is 6.05. The molecule has 1 aromatic carbocycles. The third-order valence-corrected chi connectivity index (χ3v) is 2.22. The Kier molecular flexibility index (Phi) is 2.07. The molecule has 2 rings (SSSR count). The number of hydrogen-bond acceptors (Lipinski definition) is 2. The Balaban J connectivity index is 2.67. The van der Waals surface area contributed by atoms with Gasteiger partial charge in [0, 0.05) is 5.02 Å². The molecule has 4 heteroatoms. The van der Waals surface area contributed by atoms with E-state index in [4.69, 9.17) is 16.0 Å². The van der Waals surface area contributed by atoms with Crippen molar-refractivity contribution in [2.24, 2.45) is 0 Å². The predicted molar refractivity (Wildman–Crippen MR) is 51.7 cm³/mol. The van der Waals surface area contributed by atoms with Gasteiger partial charge in [-0.25, -0.2) is 4.98 Å². The van der Waals surface area contributed by atoms with Crippen LogP contribution < -0.4 is 0 Å². The first-order valence-corrected chi connectivity index (χ1v) is 4.90. The maximum atomic E-state index is 5.78. The molecule has 0 aliphatic heterocycles. The molecule has 0 saturated heterocycles. The normalized spacial score (nSPS) is 10.8. The molecule has 0 fully saturated rings. The summed E-state index contributed by atoms with van der Waals surface area (Å²) < 4.78 is 5.36. The van der Waals surface area contributed by atoms with E-state index < -0.39 is 0 Å². The summed E-state index contributed by atoms with van der Waals surface area (Å²) in [6.45, 7) is 0. The topological polar surface area (TPSA) is 26.0 Å². The molecule has 0 aliphatic carbocycles. The van der Waals surface area contributed by atoms with Gasteiger partial charge in [-0.15, -0.1) is 0 Å². The number of oxazole rings is 1. The fraction of sp³-hybridized carbons (Fsp3) is 0.125. The second-order valence-corrected chi connectivity index (χ2v) is 3.35. The van der Waals surface area contributed by atoms with Crippen LogP contribution in [0.25, 0.3) is 11.1 Å².